The zero-order chi connectivity index (χ0) is 15.6. The van der Waals surface area contributed by atoms with Crippen molar-refractivity contribution in [1.29, 1.82) is 0 Å². The van der Waals surface area contributed by atoms with Crippen molar-refractivity contribution in [2.24, 2.45) is 5.92 Å². The van der Waals surface area contributed by atoms with Gasteiger partial charge in [-0.15, -0.1) is 0 Å². The predicted octanol–water partition coefficient (Wildman–Crippen LogP) is 3.80. The number of halogens is 1. The molecule has 1 aliphatic heterocycles. The van der Waals surface area contributed by atoms with Crippen molar-refractivity contribution in [1.82, 2.24) is 4.90 Å². The number of carbonyl (C=O) groups is 2. The molecule has 21 heavy (non-hydrogen) atoms. The van der Waals surface area contributed by atoms with Gasteiger partial charge in [0.1, 0.15) is 0 Å². The first-order chi connectivity index (χ1) is 9.88. The van der Waals surface area contributed by atoms with Crippen molar-refractivity contribution < 1.29 is 14.7 Å². The second kappa shape index (κ2) is 6.47. The highest BCUT2D eigenvalue weighted by atomic mass is 79.9. The Balaban J connectivity index is 2.12. The Kier molecular flexibility index (Phi) is 4.88. The molecule has 1 aromatic carbocycles. The van der Waals surface area contributed by atoms with Gasteiger partial charge in [-0.1, -0.05) is 6.92 Å². The summed E-state index contributed by atoms with van der Waals surface area (Å²) < 4.78 is 0.493. The minimum Gasteiger partial charge on any atom is -0.478 e. The number of nitrogens with zero attached hydrogens (tertiary/aromatic N) is 1. The van der Waals surface area contributed by atoms with Crippen molar-refractivity contribution in [3.8, 4) is 0 Å². The van der Waals surface area contributed by atoms with Gasteiger partial charge in [0.25, 0.3) is 0 Å². The first-order valence-corrected chi connectivity index (χ1v) is 7.78. The van der Waals surface area contributed by atoms with Crippen molar-refractivity contribution in [2.45, 2.75) is 32.7 Å². The number of anilines is 1. The molecule has 1 aromatic rings. The number of benzene rings is 1. The van der Waals surface area contributed by atoms with E-state index >= 15 is 0 Å². The zero-order valence-electron chi connectivity index (χ0n) is 12.1. The molecular formula is C15H19BrN2O3. The number of rotatable bonds is 2. The molecule has 2 rings (SSSR count). The van der Waals surface area contributed by atoms with Crippen LogP contribution in [0.2, 0.25) is 0 Å². The van der Waals surface area contributed by atoms with Gasteiger partial charge in [-0.25, -0.2) is 9.59 Å². The summed E-state index contributed by atoms with van der Waals surface area (Å²) in [7, 11) is 0. The molecule has 114 valence electrons. The highest BCUT2D eigenvalue weighted by molar-refractivity contribution is 9.10. The first kappa shape index (κ1) is 15.8. The maximum atomic E-state index is 12.3. The maximum absolute atomic E-state index is 12.3. The Morgan fingerprint density at radius 3 is 2.71 bits per heavy atom. The molecule has 2 atom stereocenters. The summed E-state index contributed by atoms with van der Waals surface area (Å²) in [6.07, 6.45) is 2.13. The monoisotopic (exact) mass is 354 g/mol. The quantitative estimate of drug-likeness (QED) is 0.848. The number of carbonyl (C=O) groups excluding carboxylic acids is 1. The maximum Gasteiger partial charge on any atom is 0.336 e. The molecular weight excluding hydrogens is 336 g/mol. The van der Waals surface area contributed by atoms with E-state index in [0.29, 0.717) is 16.1 Å². The van der Waals surface area contributed by atoms with Gasteiger partial charge in [-0.2, -0.15) is 0 Å². The minimum atomic E-state index is -1.03. The van der Waals surface area contributed by atoms with Crippen molar-refractivity contribution in [2.75, 3.05) is 11.9 Å². The van der Waals surface area contributed by atoms with Crippen molar-refractivity contribution in [3.63, 3.8) is 0 Å². The van der Waals surface area contributed by atoms with E-state index in [1.165, 1.54) is 6.07 Å². The number of likely N-dealkylation sites (tertiary alicyclic amines) is 1. The van der Waals surface area contributed by atoms with E-state index in [2.05, 4.69) is 28.2 Å². The van der Waals surface area contributed by atoms with Crippen LogP contribution >= 0.6 is 15.9 Å². The minimum absolute atomic E-state index is 0.132. The third-order valence-electron chi connectivity index (χ3n) is 3.83. The number of amides is 2. The van der Waals surface area contributed by atoms with Crippen molar-refractivity contribution in [3.05, 3.63) is 28.2 Å². The van der Waals surface area contributed by atoms with Crippen LogP contribution < -0.4 is 5.32 Å². The fraction of sp³-hybridized carbons (Fsp3) is 0.467. The van der Waals surface area contributed by atoms with E-state index in [1.54, 1.807) is 12.1 Å². The lowest BCUT2D eigenvalue weighted by Gasteiger charge is -2.36. The average Bonchev–Trinajstić information content (AvgIpc) is 2.43. The SMILES string of the molecule is CC1CCC(C)N(C(=O)Nc2ccc(Br)c(C(=O)O)c2)C1. The molecule has 1 saturated heterocycles. The van der Waals surface area contributed by atoms with Gasteiger partial charge < -0.3 is 15.3 Å². The van der Waals surface area contributed by atoms with Crippen LogP contribution in [0.4, 0.5) is 10.5 Å². The number of hydrogen-bond acceptors (Lipinski definition) is 2. The highest BCUT2D eigenvalue weighted by Gasteiger charge is 2.27. The Labute approximate surface area is 132 Å². The molecule has 0 aromatic heterocycles. The molecule has 0 radical (unpaired) electrons. The van der Waals surface area contributed by atoms with Gasteiger partial charge in [-0.3, -0.25) is 0 Å². The molecule has 0 spiro atoms. The molecule has 2 unspecified atom stereocenters. The van der Waals surface area contributed by atoms with Crippen LogP contribution in [0.25, 0.3) is 0 Å². The van der Waals surface area contributed by atoms with E-state index in [0.717, 1.165) is 19.4 Å². The number of piperidine rings is 1. The van der Waals surface area contributed by atoms with E-state index in [4.69, 9.17) is 5.11 Å². The number of carboxylic acids is 1. The van der Waals surface area contributed by atoms with Gasteiger partial charge in [0.2, 0.25) is 0 Å². The molecule has 5 nitrogen and oxygen atoms in total. The summed E-state index contributed by atoms with van der Waals surface area (Å²) in [4.78, 5) is 25.3. The number of urea groups is 1. The van der Waals surface area contributed by atoms with Gasteiger partial charge in [0.15, 0.2) is 0 Å². The van der Waals surface area contributed by atoms with E-state index in [1.807, 2.05) is 11.8 Å². The number of carboxylic acid groups (broad SMARTS) is 1. The summed E-state index contributed by atoms with van der Waals surface area (Å²) in [5.74, 6) is -0.538. The van der Waals surface area contributed by atoms with E-state index < -0.39 is 5.97 Å². The topological polar surface area (TPSA) is 69.6 Å². The highest BCUT2D eigenvalue weighted by Crippen LogP contribution is 2.24. The van der Waals surface area contributed by atoms with Gasteiger partial charge in [0.05, 0.1) is 5.56 Å². The lowest BCUT2D eigenvalue weighted by molar-refractivity contribution is 0.0696. The van der Waals surface area contributed by atoms with Crippen LogP contribution in [0.3, 0.4) is 0 Å². The molecule has 0 bridgehead atoms. The second-order valence-electron chi connectivity index (χ2n) is 5.61. The molecule has 1 heterocycles. The van der Waals surface area contributed by atoms with E-state index in [-0.39, 0.29) is 17.6 Å². The standard InChI is InChI=1S/C15H19BrN2O3/c1-9-3-4-10(2)18(8-9)15(21)17-11-5-6-13(16)12(7-11)14(19)20/h5-7,9-10H,3-4,8H2,1-2H3,(H,17,21)(H,19,20). The first-order valence-electron chi connectivity index (χ1n) is 6.99. The fourth-order valence-electron chi connectivity index (χ4n) is 2.53. The van der Waals surface area contributed by atoms with Crippen LogP contribution in [0.1, 0.15) is 37.0 Å². The third kappa shape index (κ3) is 3.75. The average molecular weight is 355 g/mol. The normalized spacial score (nSPS) is 22.0. The van der Waals surface area contributed by atoms with Crippen LogP contribution in [-0.2, 0) is 0 Å². The lowest BCUT2D eigenvalue weighted by atomic mass is 9.95. The largest absolute Gasteiger partial charge is 0.478 e. The van der Waals surface area contributed by atoms with Gasteiger partial charge in [-0.05, 0) is 59.8 Å². The van der Waals surface area contributed by atoms with Crippen LogP contribution in [0.5, 0.6) is 0 Å². The number of aromatic carboxylic acids is 1. The smallest absolute Gasteiger partial charge is 0.336 e. The van der Waals surface area contributed by atoms with Crippen LogP contribution in [0, 0.1) is 5.92 Å². The van der Waals surface area contributed by atoms with Gasteiger partial charge in [0, 0.05) is 22.7 Å². The second-order valence-corrected chi connectivity index (χ2v) is 6.47. The van der Waals surface area contributed by atoms with Crippen LogP contribution in [-0.4, -0.2) is 34.6 Å². The van der Waals surface area contributed by atoms with E-state index in [9.17, 15) is 9.59 Å². The summed E-state index contributed by atoms with van der Waals surface area (Å²) in [5, 5.41) is 11.9. The molecule has 2 amide bonds. The third-order valence-corrected chi connectivity index (χ3v) is 4.52. The lowest BCUT2D eigenvalue weighted by Crippen LogP contribution is -2.46. The Morgan fingerprint density at radius 1 is 1.33 bits per heavy atom. The molecule has 6 heteroatoms. The Bertz CT molecular complexity index is 562. The predicted molar refractivity (Wildman–Crippen MR) is 84.7 cm³/mol. The summed E-state index contributed by atoms with van der Waals surface area (Å²) in [6, 6.07) is 4.80. The number of nitrogens with one attached hydrogen (secondary N) is 1. The summed E-state index contributed by atoms with van der Waals surface area (Å²) in [6.45, 7) is 4.90. The molecule has 0 saturated carbocycles. The van der Waals surface area contributed by atoms with Gasteiger partial charge >= 0.3 is 12.0 Å². The Hall–Kier alpha value is -1.56. The zero-order valence-corrected chi connectivity index (χ0v) is 13.7. The van der Waals surface area contributed by atoms with Crippen molar-refractivity contribution >= 4 is 33.6 Å². The number of hydrogen-bond donors (Lipinski definition) is 2. The molecule has 0 aliphatic carbocycles. The molecule has 2 N–H and O–H groups in total. The Morgan fingerprint density at radius 2 is 2.05 bits per heavy atom. The molecule has 1 fully saturated rings. The summed E-state index contributed by atoms with van der Waals surface area (Å²) >= 11 is 3.19. The fourth-order valence-corrected chi connectivity index (χ4v) is 2.95. The molecule has 1 aliphatic rings. The van der Waals surface area contributed by atoms with Crippen LogP contribution in [0.15, 0.2) is 22.7 Å². The summed E-state index contributed by atoms with van der Waals surface area (Å²) in [5.41, 5.74) is 0.624.